The van der Waals surface area contributed by atoms with E-state index in [0.717, 1.165) is 16.9 Å². The molecule has 0 fully saturated rings. The van der Waals surface area contributed by atoms with Crippen molar-refractivity contribution in [3.8, 4) is 0 Å². The number of benzene rings is 1. The number of hydrogen-bond donors (Lipinski definition) is 3. The molecule has 0 aliphatic heterocycles. The molecule has 0 saturated heterocycles. The van der Waals surface area contributed by atoms with Gasteiger partial charge in [-0.05, 0) is 32.9 Å². The number of para-hydroxylation sites is 2. The van der Waals surface area contributed by atoms with Gasteiger partial charge in [0, 0.05) is 27.2 Å². The first kappa shape index (κ1) is 19.6. The highest BCUT2D eigenvalue weighted by molar-refractivity contribution is 5.80. The van der Waals surface area contributed by atoms with Crippen molar-refractivity contribution in [2.24, 2.45) is 12.0 Å². The van der Waals surface area contributed by atoms with Crippen molar-refractivity contribution < 1.29 is 9.53 Å². The summed E-state index contributed by atoms with van der Waals surface area (Å²) in [6.45, 7) is 7.00. The average Bonchev–Trinajstić information content (AvgIpc) is 2.89. The van der Waals surface area contributed by atoms with Gasteiger partial charge in [0.15, 0.2) is 5.96 Å². The smallest absolute Gasteiger partial charge is 0.407 e. The van der Waals surface area contributed by atoms with Gasteiger partial charge in [0.1, 0.15) is 11.4 Å². The predicted molar refractivity (Wildman–Crippen MR) is 103 cm³/mol. The standard InChI is InChI=1S/C18H28N6O2/c1-18(2,3)26-17(25)21-11-10-20-16(19-4)22-12-15-23-13-8-6-7-9-14(13)24(15)5/h6-9H,10-12H2,1-5H3,(H,21,25)(H2,19,20,22). The van der Waals surface area contributed by atoms with E-state index in [2.05, 4.69) is 30.5 Å². The predicted octanol–water partition coefficient (Wildman–Crippen LogP) is 1.76. The summed E-state index contributed by atoms with van der Waals surface area (Å²) in [5, 5.41) is 9.06. The summed E-state index contributed by atoms with van der Waals surface area (Å²) >= 11 is 0. The summed E-state index contributed by atoms with van der Waals surface area (Å²) in [4.78, 5) is 20.4. The Kier molecular flexibility index (Phi) is 6.43. The second-order valence-electron chi connectivity index (χ2n) is 6.86. The normalized spacial score (nSPS) is 12.1. The zero-order valence-corrected chi connectivity index (χ0v) is 16.1. The molecule has 0 saturated carbocycles. The number of hydrogen-bond acceptors (Lipinski definition) is 4. The highest BCUT2D eigenvalue weighted by Crippen LogP contribution is 2.13. The Morgan fingerprint density at radius 2 is 1.88 bits per heavy atom. The van der Waals surface area contributed by atoms with Crippen molar-refractivity contribution in [3.05, 3.63) is 30.1 Å². The number of alkyl carbamates (subject to hydrolysis) is 1. The van der Waals surface area contributed by atoms with Gasteiger partial charge in [-0.3, -0.25) is 4.99 Å². The maximum absolute atomic E-state index is 11.6. The van der Waals surface area contributed by atoms with E-state index >= 15 is 0 Å². The van der Waals surface area contributed by atoms with E-state index in [-0.39, 0.29) is 0 Å². The molecule has 1 aromatic carbocycles. The van der Waals surface area contributed by atoms with Gasteiger partial charge in [-0.2, -0.15) is 0 Å². The van der Waals surface area contributed by atoms with Crippen molar-refractivity contribution >= 4 is 23.1 Å². The first-order chi connectivity index (χ1) is 12.3. The minimum atomic E-state index is -0.499. The van der Waals surface area contributed by atoms with Gasteiger partial charge in [-0.25, -0.2) is 9.78 Å². The number of aromatic nitrogens is 2. The van der Waals surface area contributed by atoms with Crippen LogP contribution in [0.15, 0.2) is 29.3 Å². The fourth-order valence-corrected chi connectivity index (χ4v) is 2.40. The van der Waals surface area contributed by atoms with Crippen LogP contribution in [0.1, 0.15) is 26.6 Å². The van der Waals surface area contributed by atoms with Crippen LogP contribution >= 0.6 is 0 Å². The van der Waals surface area contributed by atoms with Crippen LogP contribution in [0.4, 0.5) is 4.79 Å². The Balaban J connectivity index is 1.77. The molecule has 2 aromatic rings. The maximum Gasteiger partial charge on any atom is 0.407 e. The summed E-state index contributed by atoms with van der Waals surface area (Å²) in [5.74, 6) is 1.56. The second-order valence-corrected chi connectivity index (χ2v) is 6.86. The van der Waals surface area contributed by atoms with Crippen LogP contribution in [0.2, 0.25) is 0 Å². The first-order valence-electron chi connectivity index (χ1n) is 8.62. The van der Waals surface area contributed by atoms with Crippen LogP contribution < -0.4 is 16.0 Å². The lowest BCUT2D eigenvalue weighted by molar-refractivity contribution is 0.0529. The van der Waals surface area contributed by atoms with E-state index in [1.54, 1.807) is 7.05 Å². The molecule has 0 unspecified atom stereocenters. The Bertz CT molecular complexity index is 776. The number of nitrogens with one attached hydrogen (secondary N) is 3. The van der Waals surface area contributed by atoms with Crippen LogP contribution in [-0.2, 0) is 18.3 Å². The quantitative estimate of drug-likeness (QED) is 0.429. The van der Waals surface area contributed by atoms with E-state index in [4.69, 9.17) is 4.74 Å². The molecule has 1 amide bonds. The molecule has 0 aliphatic carbocycles. The zero-order chi connectivity index (χ0) is 19.2. The summed E-state index contributed by atoms with van der Waals surface area (Å²) in [7, 11) is 3.69. The minimum Gasteiger partial charge on any atom is -0.444 e. The molecule has 26 heavy (non-hydrogen) atoms. The summed E-state index contributed by atoms with van der Waals surface area (Å²) in [6.07, 6.45) is -0.429. The van der Waals surface area contributed by atoms with Crippen molar-refractivity contribution in [1.82, 2.24) is 25.5 Å². The summed E-state index contributed by atoms with van der Waals surface area (Å²) < 4.78 is 7.24. The van der Waals surface area contributed by atoms with Gasteiger partial charge >= 0.3 is 6.09 Å². The molecule has 8 heteroatoms. The topological polar surface area (TPSA) is 92.6 Å². The summed E-state index contributed by atoms with van der Waals surface area (Å²) in [5.41, 5.74) is 1.56. The van der Waals surface area contributed by atoms with Crippen LogP contribution in [0, 0.1) is 0 Å². The third-order valence-electron chi connectivity index (χ3n) is 3.60. The lowest BCUT2D eigenvalue weighted by Crippen LogP contribution is -2.42. The number of aryl methyl sites for hydroxylation is 1. The zero-order valence-electron chi connectivity index (χ0n) is 16.1. The van der Waals surface area contributed by atoms with Gasteiger partial charge < -0.3 is 25.3 Å². The Hall–Kier alpha value is -2.77. The molecule has 0 aliphatic rings. The molecule has 0 radical (unpaired) electrons. The summed E-state index contributed by atoms with van der Waals surface area (Å²) in [6, 6.07) is 8.01. The van der Waals surface area contributed by atoms with Crippen LogP contribution in [0.5, 0.6) is 0 Å². The lowest BCUT2D eigenvalue weighted by atomic mass is 10.2. The molecule has 0 atom stereocenters. The molecule has 0 bridgehead atoms. The van der Waals surface area contributed by atoms with Gasteiger partial charge in [0.05, 0.1) is 17.6 Å². The van der Waals surface area contributed by atoms with E-state index in [9.17, 15) is 4.79 Å². The van der Waals surface area contributed by atoms with Gasteiger partial charge in [-0.1, -0.05) is 12.1 Å². The highest BCUT2D eigenvalue weighted by atomic mass is 16.6. The number of rotatable bonds is 5. The minimum absolute atomic E-state index is 0.429. The molecular weight excluding hydrogens is 332 g/mol. The molecule has 3 N–H and O–H groups in total. The number of ether oxygens (including phenoxy) is 1. The van der Waals surface area contributed by atoms with Crippen LogP contribution in [-0.4, -0.2) is 47.3 Å². The number of fused-ring (bicyclic) bond motifs is 1. The molecular formula is C18H28N6O2. The highest BCUT2D eigenvalue weighted by Gasteiger charge is 2.15. The molecule has 8 nitrogen and oxygen atoms in total. The second kappa shape index (κ2) is 8.55. The molecule has 1 heterocycles. The van der Waals surface area contributed by atoms with Crippen molar-refractivity contribution in [1.29, 1.82) is 0 Å². The number of amides is 1. The average molecular weight is 360 g/mol. The Morgan fingerprint density at radius 3 is 2.54 bits per heavy atom. The lowest BCUT2D eigenvalue weighted by Gasteiger charge is -2.19. The van der Waals surface area contributed by atoms with E-state index in [1.807, 2.05) is 52.1 Å². The number of nitrogens with zero attached hydrogens (tertiary/aromatic N) is 3. The maximum atomic E-state index is 11.6. The number of carbonyl (C=O) groups is 1. The number of imidazole rings is 1. The third kappa shape index (κ3) is 5.65. The van der Waals surface area contributed by atoms with Gasteiger partial charge in [0.25, 0.3) is 0 Å². The fraction of sp³-hybridized carbons (Fsp3) is 0.500. The fourth-order valence-electron chi connectivity index (χ4n) is 2.40. The third-order valence-corrected chi connectivity index (χ3v) is 3.60. The number of carbonyl (C=O) groups excluding carboxylic acids is 1. The van der Waals surface area contributed by atoms with Crippen LogP contribution in [0.3, 0.4) is 0 Å². The van der Waals surface area contributed by atoms with E-state index in [0.29, 0.717) is 25.6 Å². The van der Waals surface area contributed by atoms with Crippen molar-refractivity contribution in [2.75, 3.05) is 20.1 Å². The van der Waals surface area contributed by atoms with E-state index < -0.39 is 11.7 Å². The largest absolute Gasteiger partial charge is 0.444 e. The van der Waals surface area contributed by atoms with Gasteiger partial charge in [-0.15, -0.1) is 0 Å². The molecule has 2 rings (SSSR count). The monoisotopic (exact) mass is 360 g/mol. The van der Waals surface area contributed by atoms with E-state index in [1.165, 1.54) is 0 Å². The van der Waals surface area contributed by atoms with Crippen molar-refractivity contribution in [2.45, 2.75) is 32.9 Å². The molecule has 142 valence electrons. The first-order valence-corrected chi connectivity index (χ1v) is 8.62. The molecule has 1 aromatic heterocycles. The van der Waals surface area contributed by atoms with Crippen molar-refractivity contribution in [3.63, 3.8) is 0 Å². The number of aliphatic imine (C=N–C) groups is 1. The van der Waals surface area contributed by atoms with Crippen LogP contribution in [0.25, 0.3) is 11.0 Å². The SMILES string of the molecule is CN=C(NCCNC(=O)OC(C)(C)C)NCc1nc2ccccc2n1C. The Labute approximate surface area is 154 Å². The van der Waals surface area contributed by atoms with Gasteiger partial charge in [0.2, 0.25) is 0 Å². The molecule has 0 spiro atoms. The number of guanidine groups is 1. The Morgan fingerprint density at radius 1 is 1.19 bits per heavy atom.